The van der Waals surface area contributed by atoms with Gasteiger partial charge >= 0.3 is 5.56 Å². The van der Waals surface area contributed by atoms with Crippen molar-refractivity contribution in [1.82, 2.24) is 14.9 Å². The minimum atomic E-state index is -0.182. The van der Waals surface area contributed by atoms with Crippen molar-refractivity contribution < 1.29 is 4.74 Å². The van der Waals surface area contributed by atoms with Gasteiger partial charge in [0.25, 0.3) is 5.88 Å². The van der Waals surface area contributed by atoms with Crippen LogP contribution in [0.4, 0.5) is 0 Å². The molecule has 5 heteroatoms. The molecule has 1 fully saturated rings. The van der Waals surface area contributed by atoms with E-state index in [2.05, 4.69) is 10.3 Å². The maximum Gasteiger partial charge on any atom is 0.313 e. The van der Waals surface area contributed by atoms with Crippen LogP contribution < -0.4 is 15.6 Å². The highest BCUT2D eigenvalue weighted by atomic mass is 16.5. The molecule has 0 radical (unpaired) electrons. The molecule has 5 nitrogen and oxygen atoms in total. The van der Waals surface area contributed by atoms with Crippen LogP contribution in [-0.4, -0.2) is 28.7 Å². The van der Waals surface area contributed by atoms with Crippen molar-refractivity contribution >= 4 is 0 Å². The third kappa shape index (κ3) is 2.61. The van der Waals surface area contributed by atoms with E-state index in [9.17, 15) is 4.79 Å². The maximum atomic E-state index is 11.6. The summed E-state index contributed by atoms with van der Waals surface area (Å²) in [5.74, 6) is 0.192. The smallest absolute Gasteiger partial charge is 0.313 e. The molecule has 0 amide bonds. The highest BCUT2D eigenvalue weighted by molar-refractivity contribution is 5.04. The summed E-state index contributed by atoms with van der Waals surface area (Å²) in [6.45, 7) is 1.56. The largest absolute Gasteiger partial charge is 0.472 e. The van der Waals surface area contributed by atoms with Crippen molar-refractivity contribution in [3.8, 4) is 5.88 Å². The van der Waals surface area contributed by atoms with Crippen molar-refractivity contribution in [3.63, 3.8) is 0 Å². The molecule has 1 saturated heterocycles. The van der Waals surface area contributed by atoms with Gasteiger partial charge in [-0.2, -0.15) is 0 Å². The molecule has 1 atom stereocenters. The average Bonchev–Trinajstić information content (AvgIpc) is 2.32. The number of nitrogens with zero attached hydrogens (tertiary/aromatic N) is 2. The lowest BCUT2D eigenvalue weighted by Gasteiger charge is -2.22. The Hall–Kier alpha value is -1.36. The fourth-order valence-corrected chi connectivity index (χ4v) is 1.82. The van der Waals surface area contributed by atoms with Gasteiger partial charge in [-0.25, -0.2) is 4.98 Å². The van der Waals surface area contributed by atoms with E-state index >= 15 is 0 Å². The lowest BCUT2D eigenvalue weighted by molar-refractivity contribution is 0.228. The monoisotopic (exact) mass is 223 g/mol. The molecule has 0 bridgehead atoms. The Labute approximate surface area is 94.5 Å². The molecule has 1 N–H and O–H groups in total. The minimum absolute atomic E-state index is 0.182. The molecule has 0 aliphatic carbocycles. The Kier molecular flexibility index (Phi) is 3.56. The maximum absolute atomic E-state index is 11.6. The second-order valence-electron chi connectivity index (χ2n) is 4.11. The van der Waals surface area contributed by atoms with E-state index in [4.69, 9.17) is 4.74 Å². The summed E-state index contributed by atoms with van der Waals surface area (Å²) in [5.41, 5.74) is -0.182. The van der Waals surface area contributed by atoms with Crippen LogP contribution in [0.1, 0.15) is 19.3 Å². The number of hydrogen-bond donors (Lipinski definition) is 1. The molecule has 16 heavy (non-hydrogen) atoms. The van der Waals surface area contributed by atoms with Crippen LogP contribution in [-0.2, 0) is 7.05 Å². The molecule has 0 aromatic carbocycles. The van der Waals surface area contributed by atoms with Gasteiger partial charge in [0.1, 0.15) is 6.61 Å². The number of aryl methyl sites for hydroxylation is 1. The van der Waals surface area contributed by atoms with Crippen LogP contribution in [0.3, 0.4) is 0 Å². The van der Waals surface area contributed by atoms with E-state index in [-0.39, 0.29) is 11.4 Å². The molecule has 1 aromatic heterocycles. The Morgan fingerprint density at radius 3 is 3.25 bits per heavy atom. The van der Waals surface area contributed by atoms with Crippen molar-refractivity contribution in [2.75, 3.05) is 13.2 Å². The fourth-order valence-electron chi connectivity index (χ4n) is 1.82. The van der Waals surface area contributed by atoms with Crippen LogP contribution >= 0.6 is 0 Å². The molecule has 2 heterocycles. The van der Waals surface area contributed by atoms with Gasteiger partial charge in [0.15, 0.2) is 0 Å². The van der Waals surface area contributed by atoms with E-state index in [0.717, 1.165) is 13.0 Å². The van der Waals surface area contributed by atoms with Crippen molar-refractivity contribution in [1.29, 1.82) is 0 Å². The molecule has 1 aliphatic heterocycles. The fraction of sp³-hybridized carbons (Fsp3) is 0.636. The molecule has 1 aromatic rings. The second-order valence-corrected chi connectivity index (χ2v) is 4.11. The van der Waals surface area contributed by atoms with Gasteiger partial charge in [0, 0.05) is 25.5 Å². The van der Waals surface area contributed by atoms with Crippen molar-refractivity contribution in [2.24, 2.45) is 7.05 Å². The number of hydrogen-bond acceptors (Lipinski definition) is 4. The highest BCUT2D eigenvalue weighted by Crippen LogP contribution is 2.07. The lowest BCUT2D eigenvalue weighted by atomic mass is 10.1. The van der Waals surface area contributed by atoms with Crippen molar-refractivity contribution in [2.45, 2.75) is 25.3 Å². The first-order valence-electron chi connectivity index (χ1n) is 5.65. The average molecular weight is 223 g/mol. The van der Waals surface area contributed by atoms with E-state index in [1.807, 2.05) is 0 Å². The number of piperidine rings is 1. The van der Waals surface area contributed by atoms with Crippen LogP contribution in [0.2, 0.25) is 0 Å². The van der Waals surface area contributed by atoms with Crippen LogP contribution in [0, 0.1) is 0 Å². The van der Waals surface area contributed by atoms with Gasteiger partial charge in [-0.3, -0.25) is 4.79 Å². The van der Waals surface area contributed by atoms with E-state index in [0.29, 0.717) is 12.6 Å². The summed E-state index contributed by atoms with van der Waals surface area (Å²) in [4.78, 5) is 15.5. The zero-order chi connectivity index (χ0) is 11.4. The quantitative estimate of drug-likeness (QED) is 0.801. The summed E-state index contributed by atoms with van der Waals surface area (Å²) < 4.78 is 6.92. The SMILES string of the molecule is Cn1ccnc(OCC2CCCCN2)c1=O. The van der Waals surface area contributed by atoms with E-state index < -0.39 is 0 Å². The Morgan fingerprint density at radius 2 is 2.50 bits per heavy atom. The minimum Gasteiger partial charge on any atom is -0.472 e. The first kappa shape index (κ1) is 11.1. The van der Waals surface area contributed by atoms with Gasteiger partial charge in [-0.15, -0.1) is 0 Å². The number of ether oxygens (including phenoxy) is 1. The summed E-state index contributed by atoms with van der Waals surface area (Å²) in [6, 6.07) is 0.348. The van der Waals surface area contributed by atoms with E-state index in [1.54, 1.807) is 19.4 Å². The molecular formula is C11H17N3O2. The summed E-state index contributed by atoms with van der Waals surface area (Å²) in [6.07, 6.45) is 6.75. The standard InChI is InChI=1S/C11H17N3O2/c1-14-7-6-13-10(11(14)15)16-8-9-4-2-3-5-12-9/h6-7,9,12H,2-5,8H2,1H3. The Morgan fingerprint density at radius 1 is 1.62 bits per heavy atom. The van der Waals surface area contributed by atoms with Gasteiger partial charge in [-0.05, 0) is 19.4 Å². The third-order valence-electron chi connectivity index (χ3n) is 2.82. The molecular weight excluding hydrogens is 206 g/mol. The first-order valence-corrected chi connectivity index (χ1v) is 5.65. The predicted molar refractivity (Wildman–Crippen MR) is 60.6 cm³/mol. The molecule has 1 unspecified atom stereocenters. The first-order chi connectivity index (χ1) is 7.77. The second kappa shape index (κ2) is 5.12. The van der Waals surface area contributed by atoms with Crippen LogP contribution in [0.15, 0.2) is 17.2 Å². The van der Waals surface area contributed by atoms with Gasteiger partial charge in [0.05, 0.1) is 0 Å². The molecule has 2 rings (SSSR count). The van der Waals surface area contributed by atoms with Gasteiger partial charge in [-0.1, -0.05) is 6.42 Å². The van der Waals surface area contributed by atoms with Crippen molar-refractivity contribution in [3.05, 3.63) is 22.7 Å². The zero-order valence-corrected chi connectivity index (χ0v) is 9.48. The van der Waals surface area contributed by atoms with Crippen LogP contribution in [0.25, 0.3) is 0 Å². The van der Waals surface area contributed by atoms with Gasteiger partial charge < -0.3 is 14.6 Å². The predicted octanol–water partition coefficient (Wildman–Crippen LogP) is 0.301. The number of rotatable bonds is 3. The summed E-state index contributed by atoms with van der Waals surface area (Å²) in [7, 11) is 1.69. The van der Waals surface area contributed by atoms with E-state index in [1.165, 1.54) is 17.4 Å². The topological polar surface area (TPSA) is 56.1 Å². The molecule has 1 aliphatic rings. The summed E-state index contributed by atoms with van der Waals surface area (Å²) >= 11 is 0. The third-order valence-corrected chi connectivity index (χ3v) is 2.82. The number of nitrogens with one attached hydrogen (secondary N) is 1. The highest BCUT2D eigenvalue weighted by Gasteiger charge is 2.14. The summed E-state index contributed by atoms with van der Waals surface area (Å²) in [5, 5.41) is 3.36. The molecule has 88 valence electrons. The number of aromatic nitrogens is 2. The Balaban J connectivity index is 1.94. The van der Waals surface area contributed by atoms with Gasteiger partial charge in [0.2, 0.25) is 0 Å². The molecule has 0 saturated carbocycles. The Bertz CT molecular complexity index is 396. The van der Waals surface area contributed by atoms with Crippen LogP contribution in [0.5, 0.6) is 5.88 Å². The molecule has 0 spiro atoms. The lowest BCUT2D eigenvalue weighted by Crippen LogP contribution is -2.39. The zero-order valence-electron chi connectivity index (χ0n) is 9.48. The normalized spacial score (nSPS) is 20.7.